The van der Waals surface area contributed by atoms with Gasteiger partial charge in [-0.1, -0.05) is 23.5 Å². The number of carbonyl (C=O) groups excluding carboxylic acids is 1. The summed E-state index contributed by atoms with van der Waals surface area (Å²) in [6.45, 7) is 4.75. The van der Waals surface area contributed by atoms with Crippen LogP contribution >= 0.6 is 11.3 Å². The Bertz CT molecular complexity index is 1170. The molecule has 3 aromatic rings. The molecule has 4 heterocycles. The van der Waals surface area contributed by atoms with E-state index < -0.39 is 0 Å². The third kappa shape index (κ3) is 3.30. The van der Waals surface area contributed by atoms with Gasteiger partial charge in [0.25, 0.3) is 0 Å². The van der Waals surface area contributed by atoms with Crippen LogP contribution in [0.4, 0.5) is 9.93 Å². The monoisotopic (exact) mass is 418 g/mol. The van der Waals surface area contributed by atoms with Gasteiger partial charge < -0.3 is 9.64 Å². The van der Waals surface area contributed by atoms with Crippen LogP contribution in [-0.2, 0) is 4.74 Å². The number of nitriles is 1. The molecule has 0 aliphatic carbocycles. The van der Waals surface area contributed by atoms with Crippen LogP contribution in [0.1, 0.15) is 11.3 Å². The normalized spacial score (nSPS) is 16.5. The van der Waals surface area contributed by atoms with E-state index in [0.717, 1.165) is 34.9 Å². The Morgan fingerprint density at radius 1 is 1.30 bits per heavy atom. The van der Waals surface area contributed by atoms with E-state index in [4.69, 9.17) is 9.72 Å². The summed E-state index contributed by atoms with van der Waals surface area (Å²) in [4.78, 5) is 20.0. The maximum absolute atomic E-state index is 12.6. The number of likely N-dealkylation sites (tertiary alicyclic amines) is 1. The van der Waals surface area contributed by atoms with E-state index in [9.17, 15) is 10.1 Å². The lowest BCUT2D eigenvalue weighted by Crippen LogP contribution is -2.67. The summed E-state index contributed by atoms with van der Waals surface area (Å²) in [5.41, 5.74) is 3.88. The number of hydrogen-bond donors (Lipinski definition) is 1. The summed E-state index contributed by atoms with van der Waals surface area (Å²) in [5, 5.41) is 20.8. The number of thiazole rings is 1. The number of urea groups is 1. The maximum atomic E-state index is 12.6. The Kier molecular flexibility index (Phi) is 4.46. The van der Waals surface area contributed by atoms with Gasteiger partial charge in [-0.2, -0.15) is 15.5 Å². The summed E-state index contributed by atoms with van der Waals surface area (Å²) in [7, 11) is 0. The van der Waals surface area contributed by atoms with Gasteiger partial charge in [0.2, 0.25) is 0 Å². The largest absolute Gasteiger partial charge is 0.380 e. The van der Waals surface area contributed by atoms with E-state index in [2.05, 4.69) is 21.6 Å². The van der Waals surface area contributed by atoms with Crippen LogP contribution < -0.4 is 5.32 Å². The summed E-state index contributed by atoms with van der Waals surface area (Å²) >= 11 is 1.38. The number of hydrogen-bond acceptors (Lipinski definition) is 7. The minimum absolute atomic E-state index is 0.158. The maximum Gasteiger partial charge on any atom is 0.323 e. The van der Waals surface area contributed by atoms with Gasteiger partial charge in [-0.05, 0) is 25.1 Å². The molecule has 2 aliphatic heterocycles. The van der Waals surface area contributed by atoms with Crippen LogP contribution in [0.25, 0.3) is 21.7 Å². The number of nitrogens with one attached hydrogen (secondary N) is 1. The Balaban J connectivity index is 1.47. The first-order valence-corrected chi connectivity index (χ1v) is 10.3. The van der Waals surface area contributed by atoms with Crippen molar-refractivity contribution in [3.05, 3.63) is 47.8 Å². The average Bonchev–Trinajstić information content (AvgIpc) is 3.09. The zero-order chi connectivity index (χ0) is 20.7. The van der Waals surface area contributed by atoms with Crippen LogP contribution in [0.2, 0.25) is 0 Å². The number of aromatic nitrogens is 3. The molecular formula is C21H18N6O2S. The molecule has 9 heteroatoms. The number of benzene rings is 1. The smallest absolute Gasteiger partial charge is 0.323 e. The van der Waals surface area contributed by atoms with Gasteiger partial charge in [-0.15, -0.1) is 0 Å². The SMILES string of the molecule is Cc1cc(-c2sc(NC(=O)N3CC4(COC4)C3)nc2-c2cccc(C#N)c2)cnn1. The van der Waals surface area contributed by atoms with Crippen LogP contribution in [0.5, 0.6) is 0 Å². The zero-order valence-electron chi connectivity index (χ0n) is 16.3. The second kappa shape index (κ2) is 7.16. The molecule has 150 valence electrons. The molecule has 2 saturated heterocycles. The third-order valence-corrected chi connectivity index (χ3v) is 6.32. The highest BCUT2D eigenvalue weighted by Gasteiger charge is 2.50. The zero-order valence-corrected chi connectivity index (χ0v) is 17.1. The van der Waals surface area contributed by atoms with Crippen LogP contribution in [0, 0.1) is 23.7 Å². The first kappa shape index (κ1) is 18.7. The van der Waals surface area contributed by atoms with Crippen molar-refractivity contribution in [1.82, 2.24) is 20.1 Å². The first-order chi connectivity index (χ1) is 14.5. The lowest BCUT2D eigenvalue weighted by atomic mass is 9.78. The number of amides is 2. The molecule has 0 unspecified atom stereocenters. The molecule has 1 aromatic carbocycles. The lowest BCUT2D eigenvalue weighted by molar-refractivity contribution is -0.174. The first-order valence-electron chi connectivity index (χ1n) is 9.50. The van der Waals surface area contributed by atoms with Gasteiger partial charge in [0.05, 0.1) is 52.7 Å². The van der Waals surface area contributed by atoms with E-state index >= 15 is 0 Å². The summed E-state index contributed by atoms with van der Waals surface area (Å²) < 4.78 is 5.27. The highest BCUT2D eigenvalue weighted by Crippen LogP contribution is 2.40. The molecular weight excluding hydrogens is 400 g/mol. The average molecular weight is 418 g/mol. The third-order valence-electron chi connectivity index (χ3n) is 5.30. The Morgan fingerprint density at radius 3 is 2.83 bits per heavy atom. The van der Waals surface area contributed by atoms with E-state index in [0.29, 0.717) is 29.5 Å². The molecule has 1 N–H and O–H groups in total. The van der Waals surface area contributed by atoms with Crippen molar-refractivity contribution >= 4 is 22.5 Å². The van der Waals surface area contributed by atoms with Crippen LogP contribution in [0.3, 0.4) is 0 Å². The summed E-state index contributed by atoms with van der Waals surface area (Å²) in [6, 6.07) is 11.2. The minimum atomic E-state index is -0.158. The van der Waals surface area contributed by atoms with Gasteiger partial charge in [-0.25, -0.2) is 9.78 Å². The molecule has 0 atom stereocenters. The quantitative estimate of drug-likeness (QED) is 0.700. The minimum Gasteiger partial charge on any atom is -0.380 e. The molecule has 0 saturated carbocycles. The summed E-state index contributed by atoms with van der Waals surface area (Å²) in [5.74, 6) is 0. The Morgan fingerprint density at radius 2 is 2.13 bits per heavy atom. The molecule has 8 nitrogen and oxygen atoms in total. The van der Waals surface area contributed by atoms with Gasteiger partial charge in [-0.3, -0.25) is 5.32 Å². The number of rotatable bonds is 3. The molecule has 0 radical (unpaired) electrons. The molecule has 1 spiro atoms. The van der Waals surface area contributed by atoms with Crippen molar-refractivity contribution in [1.29, 1.82) is 5.26 Å². The number of ether oxygens (including phenoxy) is 1. The predicted octanol–water partition coefficient (Wildman–Crippen LogP) is 3.31. The van der Waals surface area contributed by atoms with Crippen molar-refractivity contribution in [2.24, 2.45) is 5.41 Å². The number of anilines is 1. The Labute approximate surface area is 177 Å². The number of nitrogens with zero attached hydrogens (tertiary/aromatic N) is 5. The lowest BCUT2D eigenvalue weighted by Gasteiger charge is -2.54. The standard InChI is InChI=1S/C21H18N6O2S/c1-13-5-16(8-23-26-13)18-17(15-4-2-3-14(6-15)7-22)24-19(30-18)25-20(28)27-9-21(10-27)11-29-12-21/h2-6,8H,9-12H2,1H3,(H,24,25,28). The predicted molar refractivity (Wildman–Crippen MR) is 112 cm³/mol. The molecule has 2 amide bonds. The number of carbonyl (C=O) groups is 1. The molecule has 2 aromatic heterocycles. The number of aryl methyl sites for hydroxylation is 1. The van der Waals surface area contributed by atoms with Crippen molar-refractivity contribution in [3.8, 4) is 27.8 Å². The molecule has 30 heavy (non-hydrogen) atoms. The molecule has 2 fully saturated rings. The molecule has 2 aliphatic rings. The highest BCUT2D eigenvalue weighted by atomic mass is 32.1. The fourth-order valence-electron chi connectivity index (χ4n) is 3.75. The van der Waals surface area contributed by atoms with Gasteiger partial charge >= 0.3 is 6.03 Å². The van der Waals surface area contributed by atoms with Crippen molar-refractivity contribution in [3.63, 3.8) is 0 Å². The van der Waals surface area contributed by atoms with E-state index in [-0.39, 0.29) is 11.4 Å². The van der Waals surface area contributed by atoms with Crippen molar-refractivity contribution < 1.29 is 9.53 Å². The Hall–Kier alpha value is -3.35. The van der Waals surface area contributed by atoms with E-state index in [1.54, 1.807) is 23.2 Å². The van der Waals surface area contributed by atoms with Crippen molar-refractivity contribution in [2.75, 3.05) is 31.6 Å². The second-order valence-corrected chi connectivity index (χ2v) is 8.75. The molecule has 5 rings (SSSR count). The van der Waals surface area contributed by atoms with Crippen LogP contribution in [-0.4, -0.2) is 52.4 Å². The fraction of sp³-hybridized carbons (Fsp3) is 0.286. The second-order valence-electron chi connectivity index (χ2n) is 7.75. The van der Waals surface area contributed by atoms with Crippen LogP contribution in [0.15, 0.2) is 36.5 Å². The van der Waals surface area contributed by atoms with Gasteiger partial charge in [0, 0.05) is 24.2 Å². The van der Waals surface area contributed by atoms with E-state index in [1.807, 2.05) is 25.1 Å². The fourth-order valence-corrected chi connectivity index (χ4v) is 4.71. The molecule has 0 bridgehead atoms. The summed E-state index contributed by atoms with van der Waals surface area (Å²) in [6.07, 6.45) is 1.68. The van der Waals surface area contributed by atoms with Gasteiger partial charge in [0.15, 0.2) is 5.13 Å². The van der Waals surface area contributed by atoms with Gasteiger partial charge in [0.1, 0.15) is 0 Å². The van der Waals surface area contributed by atoms with Crippen molar-refractivity contribution in [2.45, 2.75) is 6.92 Å². The highest BCUT2D eigenvalue weighted by molar-refractivity contribution is 7.19. The van der Waals surface area contributed by atoms with E-state index in [1.165, 1.54) is 11.3 Å². The topological polar surface area (TPSA) is 104 Å².